The van der Waals surface area contributed by atoms with Gasteiger partial charge in [0.05, 0.1) is 16.1 Å². The number of ether oxygens (including phenoxy) is 1. The maximum absolute atomic E-state index is 13.2. The SMILES string of the molecule is CCC(=O)Oc1c(C(=O)c2cc(C)c(S(C)(=O)=O)c(C)c2Cl)cnn1CC(C)C. The van der Waals surface area contributed by atoms with Crippen LogP contribution >= 0.6 is 11.6 Å². The van der Waals surface area contributed by atoms with E-state index in [0.29, 0.717) is 17.7 Å². The average molecular weight is 441 g/mol. The Labute approximate surface area is 175 Å². The van der Waals surface area contributed by atoms with Gasteiger partial charge in [0.1, 0.15) is 5.56 Å². The fourth-order valence-electron chi connectivity index (χ4n) is 3.12. The second-order valence-corrected chi connectivity index (χ2v) is 9.71. The number of ketones is 1. The third-order valence-electron chi connectivity index (χ3n) is 4.31. The van der Waals surface area contributed by atoms with Crippen molar-refractivity contribution in [3.05, 3.63) is 39.5 Å². The summed E-state index contributed by atoms with van der Waals surface area (Å²) in [5, 5.41) is 4.25. The minimum Gasteiger partial charge on any atom is -0.407 e. The summed E-state index contributed by atoms with van der Waals surface area (Å²) in [5.74, 6) is -0.709. The zero-order chi connectivity index (χ0) is 22.1. The van der Waals surface area contributed by atoms with Crippen LogP contribution in [-0.4, -0.2) is 36.2 Å². The molecule has 0 amide bonds. The summed E-state index contributed by atoms with van der Waals surface area (Å²) in [6, 6.07) is 1.44. The van der Waals surface area contributed by atoms with Crippen LogP contribution in [0.25, 0.3) is 0 Å². The molecule has 1 aromatic heterocycles. The molecule has 0 aliphatic carbocycles. The molecule has 0 saturated carbocycles. The van der Waals surface area contributed by atoms with E-state index < -0.39 is 21.6 Å². The minimum atomic E-state index is -3.51. The van der Waals surface area contributed by atoms with Gasteiger partial charge in [0.2, 0.25) is 11.7 Å². The van der Waals surface area contributed by atoms with Crippen molar-refractivity contribution in [1.29, 1.82) is 0 Å². The molecule has 0 aliphatic heterocycles. The number of esters is 1. The van der Waals surface area contributed by atoms with Crippen LogP contribution in [-0.2, 0) is 21.2 Å². The normalized spacial score (nSPS) is 11.7. The number of carbonyl (C=O) groups excluding carboxylic acids is 2. The highest BCUT2D eigenvalue weighted by Gasteiger charge is 2.27. The van der Waals surface area contributed by atoms with Gasteiger partial charge in [-0.2, -0.15) is 5.10 Å². The van der Waals surface area contributed by atoms with Crippen LogP contribution in [0.3, 0.4) is 0 Å². The first-order valence-corrected chi connectivity index (χ1v) is 11.5. The second kappa shape index (κ2) is 8.67. The molecule has 0 spiro atoms. The first-order chi connectivity index (χ1) is 13.4. The predicted octanol–water partition coefficient (Wildman–Crippen LogP) is 3.76. The molecule has 0 aliphatic rings. The predicted molar refractivity (Wildman–Crippen MR) is 110 cm³/mol. The molecule has 0 unspecified atom stereocenters. The highest BCUT2D eigenvalue weighted by molar-refractivity contribution is 7.90. The van der Waals surface area contributed by atoms with Crippen molar-refractivity contribution in [2.45, 2.75) is 52.5 Å². The lowest BCUT2D eigenvalue weighted by Gasteiger charge is -2.14. The van der Waals surface area contributed by atoms with E-state index in [2.05, 4.69) is 5.10 Å². The summed E-state index contributed by atoms with van der Waals surface area (Å²) in [5.41, 5.74) is 0.950. The van der Waals surface area contributed by atoms with E-state index in [1.807, 2.05) is 13.8 Å². The zero-order valence-corrected chi connectivity index (χ0v) is 18.9. The molecule has 29 heavy (non-hydrogen) atoms. The van der Waals surface area contributed by atoms with E-state index in [-0.39, 0.29) is 39.3 Å². The van der Waals surface area contributed by atoms with Gasteiger partial charge in [-0.25, -0.2) is 13.1 Å². The highest BCUT2D eigenvalue weighted by atomic mass is 35.5. The number of sulfone groups is 1. The number of nitrogens with zero attached hydrogens (tertiary/aromatic N) is 2. The molecule has 2 aromatic rings. The Bertz CT molecular complexity index is 1070. The van der Waals surface area contributed by atoms with Gasteiger partial charge in [0.15, 0.2) is 9.84 Å². The lowest BCUT2D eigenvalue weighted by molar-refractivity contribution is -0.134. The number of benzene rings is 1. The summed E-state index contributed by atoms with van der Waals surface area (Å²) in [6.45, 7) is 9.22. The van der Waals surface area contributed by atoms with Crippen LogP contribution in [0.5, 0.6) is 5.88 Å². The highest BCUT2D eigenvalue weighted by Crippen LogP contribution is 2.33. The molecule has 0 radical (unpaired) electrons. The number of aryl methyl sites for hydroxylation is 1. The Morgan fingerprint density at radius 3 is 2.38 bits per heavy atom. The molecule has 0 bridgehead atoms. The number of hydrogen-bond acceptors (Lipinski definition) is 6. The molecule has 1 aromatic carbocycles. The number of halogens is 1. The van der Waals surface area contributed by atoms with Crippen molar-refractivity contribution in [3.8, 4) is 5.88 Å². The fraction of sp³-hybridized carbons (Fsp3) is 0.450. The molecular formula is C20H25ClN2O5S. The Morgan fingerprint density at radius 1 is 1.24 bits per heavy atom. The Hall–Kier alpha value is -2.19. The van der Waals surface area contributed by atoms with Gasteiger partial charge in [-0.05, 0) is 37.0 Å². The molecular weight excluding hydrogens is 416 g/mol. The quantitative estimate of drug-likeness (QED) is 0.480. The van der Waals surface area contributed by atoms with Crippen LogP contribution < -0.4 is 4.74 Å². The number of carbonyl (C=O) groups is 2. The van der Waals surface area contributed by atoms with E-state index in [1.165, 1.54) is 16.9 Å². The molecule has 1 heterocycles. The smallest absolute Gasteiger partial charge is 0.312 e. The summed E-state index contributed by atoms with van der Waals surface area (Å²) >= 11 is 6.38. The molecule has 7 nitrogen and oxygen atoms in total. The fourth-order valence-corrected chi connectivity index (χ4v) is 4.71. The van der Waals surface area contributed by atoms with Crippen molar-refractivity contribution < 1.29 is 22.7 Å². The van der Waals surface area contributed by atoms with Gasteiger partial charge in [-0.15, -0.1) is 0 Å². The van der Waals surface area contributed by atoms with Crippen LogP contribution in [0.1, 0.15) is 54.2 Å². The number of hydrogen-bond donors (Lipinski definition) is 0. The van der Waals surface area contributed by atoms with Crippen molar-refractivity contribution in [2.75, 3.05) is 6.26 Å². The van der Waals surface area contributed by atoms with Gasteiger partial charge in [-0.1, -0.05) is 32.4 Å². The van der Waals surface area contributed by atoms with Crippen LogP contribution in [0.15, 0.2) is 17.2 Å². The largest absolute Gasteiger partial charge is 0.407 e. The van der Waals surface area contributed by atoms with Crippen molar-refractivity contribution in [3.63, 3.8) is 0 Å². The summed E-state index contributed by atoms with van der Waals surface area (Å²) in [4.78, 5) is 25.2. The zero-order valence-electron chi connectivity index (χ0n) is 17.4. The first-order valence-electron chi connectivity index (χ1n) is 9.19. The average Bonchev–Trinajstić information content (AvgIpc) is 2.97. The van der Waals surface area contributed by atoms with Crippen molar-refractivity contribution in [2.24, 2.45) is 5.92 Å². The summed E-state index contributed by atoms with van der Waals surface area (Å²) in [6.07, 6.45) is 2.58. The first kappa shape index (κ1) is 23.1. The van der Waals surface area contributed by atoms with Crippen LogP contribution in [0.2, 0.25) is 5.02 Å². The van der Waals surface area contributed by atoms with Gasteiger partial charge < -0.3 is 4.74 Å². The molecule has 0 N–H and O–H groups in total. The molecule has 158 valence electrons. The van der Waals surface area contributed by atoms with E-state index in [4.69, 9.17) is 16.3 Å². The lowest BCUT2D eigenvalue weighted by Crippen LogP contribution is -2.16. The maximum atomic E-state index is 13.2. The third kappa shape index (κ3) is 4.87. The van der Waals surface area contributed by atoms with E-state index in [9.17, 15) is 18.0 Å². The Kier molecular flexibility index (Phi) is 6.90. The van der Waals surface area contributed by atoms with Crippen LogP contribution in [0.4, 0.5) is 0 Å². The van der Waals surface area contributed by atoms with Crippen molar-refractivity contribution in [1.82, 2.24) is 9.78 Å². The molecule has 0 atom stereocenters. The molecule has 0 saturated heterocycles. The monoisotopic (exact) mass is 440 g/mol. The van der Waals surface area contributed by atoms with Gasteiger partial charge >= 0.3 is 5.97 Å². The Morgan fingerprint density at radius 2 is 1.86 bits per heavy atom. The Balaban J connectivity index is 2.63. The van der Waals surface area contributed by atoms with Crippen LogP contribution in [0, 0.1) is 19.8 Å². The van der Waals surface area contributed by atoms with E-state index >= 15 is 0 Å². The lowest BCUT2D eigenvalue weighted by atomic mass is 10.0. The van der Waals surface area contributed by atoms with E-state index in [0.717, 1.165) is 6.26 Å². The standard InChI is InChI=1S/C20H25ClN2O5S/c1-7-16(24)28-20-15(9-22-23(20)10-11(2)3)18(25)14-8-12(4)19(29(6,26)27)13(5)17(14)21/h8-9,11H,7,10H2,1-6H3. The molecule has 9 heteroatoms. The minimum absolute atomic E-state index is 0.0467. The molecule has 0 fully saturated rings. The van der Waals surface area contributed by atoms with E-state index in [1.54, 1.807) is 20.8 Å². The van der Waals surface area contributed by atoms with Gasteiger partial charge in [0, 0.05) is 24.8 Å². The third-order valence-corrected chi connectivity index (χ3v) is 6.17. The van der Waals surface area contributed by atoms with Crippen molar-refractivity contribution >= 4 is 33.2 Å². The summed E-state index contributed by atoms with van der Waals surface area (Å²) in [7, 11) is -3.51. The van der Waals surface area contributed by atoms with Gasteiger partial charge in [-0.3, -0.25) is 9.59 Å². The summed E-state index contributed by atoms with van der Waals surface area (Å²) < 4.78 is 31.0. The second-order valence-electron chi connectivity index (χ2n) is 7.38. The van der Waals surface area contributed by atoms with Gasteiger partial charge in [0.25, 0.3) is 0 Å². The topological polar surface area (TPSA) is 95.3 Å². The number of rotatable bonds is 7. The maximum Gasteiger partial charge on any atom is 0.312 e. The molecule has 2 rings (SSSR count). The number of aromatic nitrogens is 2.